The molecule has 3 heteroatoms. The van der Waals surface area contributed by atoms with Crippen molar-refractivity contribution in [2.45, 2.75) is 25.3 Å². The van der Waals surface area contributed by atoms with Gasteiger partial charge >= 0.3 is 0 Å². The molecule has 0 aliphatic carbocycles. The number of hydrogen-bond donors (Lipinski definition) is 2. The molecule has 1 atom stereocenters. The van der Waals surface area contributed by atoms with Gasteiger partial charge in [-0.15, -0.1) is 0 Å². The molecule has 15 heavy (non-hydrogen) atoms. The first-order valence-electron chi connectivity index (χ1n) is 5.72. The lowest BCUT2D eigenvalue weighted by Gasteiger charge is -2.25. The molecule has 3 N–H and O–H groups in total. The molecule has 0 bridgehead atoms. The van der Waals surface area contributed by atoms with Gasteiger partial charge in [0.15, 0.2) is 0 Å². The van der Waals surface area contributed by atoms with Crippen LogP contribution in [0.15, 0.2) is 24.5 Å². The molecule has 2 rings (SSSR count). The third-order valence-electron chi connectivity index (χ3n) is 3.18. The number of piperidine rings is 1. The highest BCUT2D eigenvalue weighted by Gasteiger charge is 2.17. The lowest BCUT2D eigenvalue weighted by atomic mass is 9.89. The van der Waals surface area contributed by atoms with Crippen LogP contribution in [0.2, 0.25) is 0 Å². The van der Waals surface area contributed by atoms with Gasteiger partial charge in [0.2, 0.25) is 0 Å². The summed E-state index contributed by atoms with van der Waals surface area (Å²) >= 11 is 0. The maximum absolute atomic E-state index is 6.18. The van der Waals surface area contributed by atoms with Gasteiger partial charge in [-0.1, -0.05) is 0 Å². The van der Waals surface area contributed by atoms with E-state index >= 15 is 0 Å². The molecule has 0 spiro atoms. The van der Waals surface area contributed by atoms with Crippen molar-refractivity contribution in [3.8, 4) is 0 Å². The van der Waals surface area contributed by atoms with E-state index in [1.165, 1.54) is 18.4 Å². The summed E-state index contributed by atoms with van der Waals surface area (Å²) in [5.41, 5.74) is 7.39. The van der Waals surface area contributed by atoms with Crippen molar-refractivity contribution in [3.05, 3.63) is 30.1 Å². The smallest absolute Gasteiger partial charge is 0.0298 e. The third-order valence-corrected chi connectivity index (χ3v) is 3.18. The van der Waals surface area contributed by atoms with Crippen LogP contribution in [0, 0.1) is 5.92 Å². The molecule has 2 heterocycles. The molecule has 1 unspecified atom stereocenters. The van der Waals surface area contributed by atoms with Gasteiger partial charge in [-0.05, 0) is 56.0 Å². The maximum atomic E-state index is 6.18. The predicted octanol–water partition coefficient (Wildman–Crippen LogP) is 1.47. The second-order valence-electron chi connectivity index (χ2n) is 4.32. The normalized spacial score (nSPS) is 20.1. The summed E-state index contributed by atoms with van der Waals surface area (Å²) in [7, 11) is 0. The Hall–Kier alpha value is -0.930. The van der Waals surface area contributed by atoms with Gasteiger partial charge in [0.05, 0.1) is 0 Å². The highest BCUT2D eigenvalue weighted by Crippen LogP contribution is 2.24. The lowest BCUT2D eigenvalue weighted by molar-refractivity contribution is 0.333. The maximum Gasteiger partial charge on any atom is 0.0298 e. The van der Waals surface area contributed by atoms with E-state index in [0.717, 1.165) is 25.4 Å². The van der Waals surface area contributed by atoms with E-state index in [4.69, 9.17) is 5.73 Å². The molecular weight excluding hydrogens is 186 g/mol. The Morgan fingerprint density at radius 1 is 1.33 bits per heavy atom. The van der Waals surface area contributed by atoms with Crippen molar-refractivity contribution in [3.63, 3.8) is 0 Å². The molecule has 1 saturated heterocycles. The monoisotopic (exact) mass is 205 g/mol. The third kappa shape index (κ3) is 3.01. The summed E-state index contributed by atoms with van der Waals surface area (Å²) in [6, 6.07) is 4.22. The zero-order valence-electron chi connectivity index (χ0n) is 9.02. The second kappa shape index (κ2) is 5.24. The molecule has 3 nitrogen and oxygen atoms in total. The van der Waals surface area contributed by atoms with E-state index in [-0.39, 0.29) is 6.04 Å². The van der Waals surface area contributed by atoms with Gasteiger partial charge in [0.25, 0.3) is 0 Å². The first-order chi connectivity index (χ1) is 7.36. The second-order valence-corrected chi connectivity index (χ2v) is 4.32. The van der Waals surface area contributed by atoms with Crippen LogP contribution in [0.5, 0.6) is 0 Å². The minimum absolute atomic E-state index is 0.177. The quantitative estimate of drug-likeness (QED) is 0.785. The highest BCUT2D eigenvalue weighted by atomic mass is 14.9. The molecule has 1 fully saturated rings. The molecule has 0 saturated carbocycles. The van der Waals surface area contributed by atoms with Crippen LogP contribution in [-0.2, 0) is 0 Å². The van der Waals surface area contributed by atoms with E-state index in [9.17, 15) is 0 Å². The van der Waals surface area contributed by atoms with Crippen molar-refractivity contribution < 1.29 is 0 Å². The van der Waals surface area contributed by atoms with Crippen LogP contribution in [0.3, 0.4) is 0 Å². The Kier molecular flexibility index (Phi) is 3.69. The van der Waals surface area contributed by atoms with Crippen LogP contribution in [-0.4, -0.2) is 18.1 Å². The number of nitrogens with zero attached hydrogens (tertiary/aromatic N) is 1. The lowest BCUT2D eigenvalue weighted by Crippen LogP contribution is -2.29. The molecule has 0 aromatic carbocycles. The van der Waals surface area contributed by atoms with Gasteiger partial charge in [-0.3, -0.25) is 4.98 Å². The minimum Gasteiger partial charge on any atom is -0.324 e. The van der Waals surface area contributed by atoms with E-state index in [2.05, 4.69) is 10.3 Å². The van der Waals surface area contributed by atoms with Crippen molar-refractivity contribution >= 4 is 0 Å². The SMILES string of the molecule is NC(CC1CCNCC1)c1ccncc1. The number of hydrogen-bond acceptors (Lipinski definition) is 3. The Labute approximate surface area is 91.1 Å². The fourth-order valence-corrected chi connectivity index (χ4v) is 2.22. The minimum atomic E-state index is 0.177. The summed E-state index contributed by atoms with van der Waals surface area (Å²) < 4.78 is 0. The zero-order chi connectivity index (χ0) is 10.5. The van der Waals surface area contributed by atoms with Gasteiger partial charge < -0.3 is 11.1 Å². The summed E-state index contributed by atoms with van der Waals surface area (Å²) in [6.07, 6.45) is 7.26. The van der Waals surface area contributed by atoms with Crippen molar-refractivity contribution in [2.75, 3.05) is 13.1 Å². The Morgan fingerprint density at radius 2 is 2.00 bits per heavy atom. The van der Waals surface area contributed by atoms with E-state index in [1.54, 1.807) is 0 Å². The van der Waals surface area contributed by atoms with Gasteiger partial charge in [-0.25, -0.2) is 0 Å². The molecule has 1 aliphatic rings. The average molecular weight is 205 g/mol. The molecule has 1 aliphatic heterocycles. The van der Waals surface area contributed by atoms with Crippen molar-refractivity contribution in [1.82, 2.24) is 10.3 Å². The van der Waals surface area contributed by atoms with Crippen LogP contribution < -0.4 is 11.1 Å². The first kappa shape index (κ1) is 10.6. The zero-order valence-corrected chi connectivity index (χ0v) is 9.02. The van der Waals surface area contributed by atoms with Gasteiger partial charge in [0, 0.05) is 18.4 Å². The number of rotatable bonds is 3. The largest absolute Gasteiger partial charge is 0.324 e. The summed E-state index contributed by atoms with van der Waals surface area (Å²) in [6.45, 7) is 2.29. The molecule has 82 valence electrons. The summed E-state index contributed by atoms with van der Waals surface area (Å²) in [5.74, 6) is 0.786. The van der Waals surface area contributed by atoms with Crippen molar-refractivity contribution in [2.24, 2.45) is 11.7 Å². The van der Waals surface area contributed by atoms with Crippen LogP contribution in [0.25, 0.3) is 0 Å². The highest BCUT2D eigenvalue weighted by molar-refractivity contribution is 5.14. The standard InChI is InChI=1S/C12H19N3/c13-12(11-3-7-15-8-4-11)9-10-1-5-14-6-2-10/h3-4,7-8,10,12,14H,1-2,5-6,9,13H2. The molecule has 0 radical (unpaired) electrons. The van der Waals surface area contributed by atoms with Crippen LogP contribution in [0.4, 0.5) is 0 Å². The Balaban J connectivity index is 1.88. The fraction of sp³-hybridized carbons (Fsp3) is 0.583. The Bertz CT molecular complexity index is 280. The van der Waals surface area contributed by atoms with Gasteiger partial charge in [-0.2, -0.15) is 0 Å². The fourth-order valence-electron chi connectivity index (χ4n) is 2.22. The predicted molar refractivity (Wildman–Crippen MR) is 61.4 cm³/mol. The van der Waals surface area contributed by atoms with Gasteiger partial charge in [0.1, 0.15) is 0 Å². The summed E-state index contributed by atoms with van der Waals surface area (Å²) in [5, 5.41) is 3.38. The van der Waals surface area contributed by atoms with E-state index in [0.29, 0.717) is 0 Å². The molecule has 1 aromatic heterocycles. The Morgan fingerprint density at radius 3 is 2.67 bits per heavy atom. The number of nitrogens with two attached hydrogens (primary N) is 1. The number of nitrogens with one attached hydrogen (secondary N) is 1. The van der Waals surface area contributed by atoms with Crippen LogP contribution in [0.1, 0.15) is 30.9 Å². The molecule has 0 amide bonds. The van der Waals surface area contributed by atoms with Crippen molar-refractivity contribution in [1.29, 1.82) is 0 Å². The average Bonchev–Trinajstić information content (AvgIpc) is 2.31. The van der Waals surface area contributed by atoms with E-state index in [1.807, 2.05) is 24.5 Å². The first-order valence-corrected chi connectivity index (χ1v) is 5.72. The number of pyridine rings is 1. The molecule has 1 aromatic rings. The molecular formula is C12H19N3. The topological polar surface area (TPSA) is 50.9 Å². The van der Waals surface area contributed by atoms with Crippen LogP contribution >= 0.6 is 0 Å². The number of aromatic nitrogens is 1. The van der Waals surface area contributed by atoms with E-state index < -0.39 is 0 Å². The summed E-state index contributed by atoms with van der Waals surface area (Å²) in [4.78, 5) is 4.01.